The number of aryl methyl sites for hydroxylation is 1. The molecule has 6 heteroatoms. The highest BCUT2D eigenvalue weighted by atomic mass is 15.2. The summed E-state index contributed by atoms with van der Waals surface area (Å²) in [5, 5.41) is 0. The Morgan fingerprint density at radius 2 is 2.18 bits per heavy atom. The van der Waals surface area contributed by atoms with E-state index in [4.69, 9.17) is 0 Å². The van der Waals surface area contributed by atoms with Crippen LogP contribution in [0, 0.1) is 0 Å². The molecule has 3 aromatic rings. The average Bonchev–Trinajstić information content (AvgIpc) is 2.96. The molecule has 0 atom stereocenters. The predicted molar refractivity (Wildman–Crippen MR) is 62.8 cm³/mol. The van der Waals surface area contributed by atoms with Crippen molar-refractivity contribution in [2.45, 2.75) is 19.8 Å². The normalized spacial score (nSPS) is 11.1. The van der Waals surface area contributed by atoms with Gasteiger partial charge in [-0.05, 0) is 6.42 Å². The molecule has 0 bridgehead atoms. The van der Waals surface area contributed by atoms with Crippen molar-refractivity contribution in [1.82, 2.24) is 29.5 Å². The molecule has 3 rings (SSSR count). The van der Waals surface area contributed by atoms with Gasteiger partial charge >= 0.3 is 0 Å². The summed E-state index contributed by atoms with van der Waals surface area (Å²) in [5.74, 6) is 1.77. The lowest BCUT2D eigenvalue weighted by molar-refractivity contribution is 0.799. The molecule has 0 spiro atoms. The van der Waals surface area contributed by atoms with Gasteiger partial charge in [-0.15, -0.1) is 0 Å². The van der Waals surface area contributed by atoms with E-state index in [2.05, 4.69) is 31.8 Å². The van der Waals surface area contributed by atoms with E-state index in [-0.39, 0.29) is 0 Å². The lowest BCUT2D eigenvalue weighted by Crippen LogP contribution is -2.03. The summed E-state index contributed by atoms with van der Waals surface area (Å²) in [6.07, 6.45) is 8.81. The Balaban J connectivity index is 2.20. The van der Waals surface area contributed by atoms with Crippen LogP contribution in [0.5, 0.6) is 0 Å². The second-order valence-corrected chi connectivity index (χ2v) is 3.76. The number of nitrogens with zero attached hydrogens (tertiary/aromatic N) is 5. The molecule has 3 heterocycles. The summed E-state index contributed by atoms with van der Waals surface area (Å²) in [5.41, 5.74) is 1.51. The number of hydrogen-bond donors (Lipinski definition) is 1. The lowest BCUT2D eigenvalue weighted by Gasteiger charge is -2.05. The fourth-order valence-electron chi connectivity index (χ4n) is 1.86. The number of aromatic nitrogens is 6. The number of hydrogen-bond acceptors (Lipinski definition) is 4. The third kappa shape index (κ3) is 1.57. The summed E-state index contributed by atoms with van der Waals surface area (Å²) < 4.78 is 1.97. The van der Waals surface area contributed by atoms with Crippen LogP contribution in [0.3, 0.4) is 0 Å². The molecule has 0 saturated heterocycles. The first-order chi connectivity index (χ1) is 8.40. The van der Waals surface area contributed by atoms with E-state index in [1.807, 2.05) is 10.8 Å². The Labute approximate surface area is 97.8 Å². The van der Waals surface area contributed by atoms with E-state index in [0.717, 1.165) is 35.6 Å². The molecule has 1 N–H and O–H groups in total. The van der Waals surface area contributed by atoms with Crippen molar-refractivity contribution in [2.75, 3.05) is 0 Å². The fourth-order valence-corrected chi connectivity index (χ4v) is 1.86. The standard InChI is InChI=1S/C11H12N6/c1-2-3-8-12-4-5-17(8)11-9-10(14-6-13-9)15-7-16-11/h4-7H,2-3H2,1H3,(H,13,14,15,16). The molecule has 0 aliphatic rings. The van der Waals surface area contributed by atoms with Gasteiger partial charge in [0.15, 0.2) is 17.0 Å². The van der Waals surface area contributed by atoms with Gasteiger partial charge in [-0.2, -0.15) is 0 Å². The molecule has 86 valence electrons. The molecule has 0 amide bonds. The number of H-pyrrole nitrogens is 1. The van der Waals surface area contributed by atoms with Crippen LogP contribution in [0.25, 0.3) is 17.0 Å². The first-order valence-electron chi connectivity index (χ1n) is 5.57. The van der Waals surface area contributed by atoms with Gasteiger partial charge in [-0.3, -0.25) is 4.57 Å². The van der Waals surface area contributed by atoms with Crippen molar-refractivity contribution in [3.05, 3.63) is 30.9 Å². The van der Waals surface area contributed by atoms with Gasteiger partial charge in [0.2, 0.25) is 0 Å². The highest BCUT2D eigenvalue weighted by Crippen LogP contribution is 2.16. The van der Waals surface area contributed by atoms with Crippen LogP contribution in [0.4, 0.5) is 0 Å². The van der Waals surface area contributed by atoms with E-state index in [0.29, 0.717) is 0 Å². The molecule has 0 fully saturated rings. The molecule has 3 aromatic heterocycles. The molecule has 0 aliphatic heterocycles. The molecular weight excluding hydrogens is 216 g/mol. The maximum atomic E-state index is 4.34. The summed E-state index contributed by atoms with van der Waals surface area (Å²) in [7, 11) is 0. The van der Waals surface area contributed by atoms with Gasteiger partial charge in [-0.25, -0.2) is 19.9 Å². The minimum absolute atomic E-state index is 0.742. The van der Waals surface area contributed by atoms with Gasteiger partial charge in [0.05, 0.1) is 6.33 Å². The lowest BCUT2D eigenvalue weighted by atomic mass is 10.3. The molecule has 0 radical (unpaired) electrons. The Hall–Kier alpha value is -2.24. The number of nitrogens with one attached hydrogen (secondary N) is 1. The van der Waals surface area contributed by atoms with Crippen LogP contribution in [-0.4, -0.2) is 29.5 Å². The second kappa shape index (κ2) is 3.97. The van der Waals surface area contributed by atoms with Crippen molar-refractivity contribution < 1.29 is 0 Å². The van der Waals surface area contributed by atoms with Gasteiger partial charge in [0, 0.05) is 18.8 Å². The zero-order valence-corrected chi connectivity index (χ0v) is 9.46. The first kappa shape index (κ1) is 9.95. The molecule has 0 saturated carbocycles. The average molecular weight is 228 g/mol. The Morgan fingerprint density at radius 1 is 1.24 bits per heavy atom. The molecule has 0 aliphatic carbocycles. The van der Waals surface area contributed by atoms with E-state index in [9.17, 15) is 0 Å². The summed E-state index contributed by atoms with van der Waals surface area (Å²) >= 11 is 0. The predicted octanol–water partition coefficient (Wildman–Crippen LogP) is 1.49. The van der Waals surface area contributed by atoms with Crippen LogP contribution >= 0.6 is 0 Å². The highest BCUT2D eigenvalue weighted by molar-refractivity contribution is 5.77. The minimum atomic E-state index is 0.742. The summed E-state index contributed by atoms with van der Waals surface area (Å²) in [6.45, 7) is 2.13. The minimum Gasteiger partial charge on any atom is -0.329 e. The van der Waals surface area contributed by atoms with Crippen molar-refractivity contribution in [3.63, 3.8) is 0 Å². The first-order valence-corrected chi connectivity index (χ1v) is 5.57. The number of rotatable bonds is 3. The van der Waals surface area contributed by atoms with Crippen molar-refractivity contribution in [2.24, 2.45) is 0 Å². The summed E-state index contributed by atoms with van der Waals surface area (Å²) in [4.78, 5) is 20.0. The third-order valence-electron chi connectivity index (χ3n) is 2.62. The van der Waals surface area contributed by atoms with Gasteiger partial charge < -0.3 is 4.98 Å². The van der Waals surface area contributed by atoms with Crippen LogP contribution in [0.1, 0.15) is 19.2 Å². The van der Waals surface area contributed by atoms with Crippen molar-refractivity contribution in [1.29, 1.82) is 0 Å². The van der Waals surface area contributed by atoms with Crippen molar-refractivity contribution >= 4 is 11.2 Å². The Kier molecular flexibility index (Phi) is 2.32. The Morgan fingerprint density at radius 3 is 3.06 bits per heavy atom. The monoisotopic (exact) mass is 228 g/mol. The largest absolute Gasteiger partial charge is 0.329 e. The maximum absolute atomic E-state index is 4.34. The molecule has 0 aromatic carbocycles. The fraction of sp³-hybridized carbons (Fsp3) is 0.273. The smallest absolute Gasteiger partial charge is 0.169 e. The summed E-state index contributed by atoms with van der Waals surface area (Å²) in [6, 6.07) is 0. The van der Waals surface area contributed by atoms with E-state index < -0.39 is 0 Å². The van der Waals surface area contributed by atoms with Crippen LogP contribution < -0.4 is 0 Å². The van der Waals surface area contributed by atoms with E-state index in [1.165, 1.54) is 6.33 Å². The number of aromatic amines is 1. The van der Waals surface area contributed by atoms with Gasteiger partial charge in [0.25, 0.3) is 0 Å². The van der Waals surface area contributed by atoms with Crippen LogP contribution in [0.2, 0.25) is 0 Å². The van der Waals surface area contributed by atoms with Crippen molar-refractivity contribution in [3.8, 4) is 5.82 Å². The SMILES string of the molecule is CCCc1nccn1-c1ncnc2[nH]cnc12. The molecule has 6 nitrogen and oxygen atoms in total. The third-order valence-corrected chi connectivity index (χ3v) is 2.62. The van der Waals surface area contributed by atoms with Crippen LogP contribution in [0.15, 0.2) is 25.0 Å². The number of fused-ring (bicyclic) bond motifs is 1. The molecule has 0 unspecified atom stereocenters. The maximum Gasteiger partial charge on any atom is 0.169 e. The second-order valence-electron chi connectivity index (χ2n) is 3.76. The molecular formula is C11H12N6. The topological polar surface area (TPSA) is 72.3 Å². The quantitative estimate of drug-likeness (QED) is 0.737. The zero-order valence-electron chi connectivity index (χ0n) is 9.46. The molecule has 17 heavy (non-hydrogen) atoms. The van der Waals surface area contributed by atoms with E-state index in [1.54, 1.807) is 12.5 Å². The zero-order chi connectivity index (χ0) is 11.7. The van der Waals surface area contributed by atoms with Gasteiger partial charge in [-0.1, -0.05) is 6.92 Å². The Bertz CT molecular complexity index is 638. The number of imidazole rings is 2. The highest BCUT2D eigenvalue weighted by Gasteiger charge is 2.11. The van der Waals surface area contributed by atoms with Gasteiger partial charge in [0.1, 0.15) is 12.2 Å². The van der Waals surface area contributed by atoms with E-state index >= 15 is 0 Å². The van der Waals surface area contributed by atoms with Crippen LogP contribution in [-0.2, 0) is 6.42 Å².